The van der Waals surface area contributed by atoms with E-state index in [1.54, 1.807) is 10.7 Å². The number of amides is 2. The van der Waals surface area contributed by atoms with Gasteiger partial charge >= 0.3 is 0 Å². The molecule has 38 heavy (non-hydrogen) atoms. The van der Waals surface area contributed by atoms with Crippen LogP contribution in [-0.2, 0) is 4.79 Å². The van der Waals surface area contributed by atoms with Crippen LogP contribution >= 0.6 is 11.6 Å². The smallest absolute Gasteiger partial charge is 0.261 e. The first-order valence-corrected chi connectivity index (χ1v) is 12.7. The van der Waals surface area contributed by atoms with E-state index in [1.807, 2.05) is 88.4 Å². The van der Waals surface area contributed by atoms with Gasteiger partial charge in [-0.25, -0.2) is 4.68 Å². The molecule has 0 aliphatic carbocycles. The summed E-state index contributed by atoms with van der Waals surface area (Å²) < 4.78 is 1.65. The predicted octanol–water partition coefficient (Wildman–Crippen LogP) is 6.64. The average molecular weight is 526 g/mol. The number of hydrogen-bond acceptors (Lipinski definition) is 4. The number of hydrogen-bond donors (Lipinski definition) is 3. The summed E-state index contributed by atoms with van der Waals surface area (Å²) in [5.41, 5.74) is 6.71. The minimum absolute atomic E-state index is 0.279. The molecule has 5 rings (SSSR count). The van der Waals surface area contributed by atoms with Gasteiger partial charge in [0.1, 0.15) is 17.4 Å². The van der Waals surface area contributed by atoms with Crippen LogP contribution in [-0.4, -0.2) is 21.6 Å². The quantitative estimate of drug-likeness (QED) is 0.272. The maximum absolute atomic E-state index is 13.8. The minimum Gasteiger partial charge on any atom is -0.343 e. The number of benzene rings is 3. The molecule has 3 N–H and O–H groups in total. The van der Waals surface area contributed by atoms with Gasteiger partial charge in [0.15, 0.2) is 0 Å². The van der Waals surface area contributed by atoms with Gasteiger partial charge in [0.2, 0.25) is 0 Å². The highest BCUT2D eigenvalue weighted by Gasteiger charge is 2.36. The van der Waals surface area contributed by atoms with Gasteiger partial charge in [-0.15, -0.1) is 0 Å². The molecule has 7 nitrogen and oxygen atoms in total. The van der Waals surface area contributed by atoms with E-state index in [0.717, 1.165) is 22.4 Å². The fraction of sp³-hybridized carbons (Fsp3) is 0.167. The maximum Gasteiger partial charge on any atom is 0.261 e. The zero-order chi connectivity index (χ0) is 27.0. The average Bonchev–Trinajstić information content (AvgIpc) is 3.30. The predicted molar refractivity (Wildman–Crippen MR) is 152 cm³/mol. The molecule has 8 heteroatoms. The van der Waals surface area contributed by atoms with Crippen LogP contribution in [0.4, 0.5) is 17.2 Å². The number of rotatable bonds is 5. The Kier molecular flexibility index (Phi) is 6.78. The lowest BCUT2D eigenvalue weighted by molar-refractivity contribution is -0.113. The Morgan fingerprint density at radius 1 is 0.895 bits per heavy atom. The van der Waals surface area contributed by atoms with E-state index in [-0.39, 0.29) is 11.8 Å². The van der Waals surface area contributed by atoms with E-state index < -0.39 is 6.04 Å². The molecule has 1 aromatic heterocycles. The number of carbonyl (C=O) groups excluding carboxylic acids is 2. The summed E-state index contributed by atoms with van der Waals surface area (Å²) in [5, 5.41) is 14.3. The SMILES string of the molecule is CC1=C(C(=O)Nc2ccc(C)cc2C)C(c2ccccc2Cl)n2ncc(C(=O)Nc3ccc(C)cc3)c2N1. The van der Waals surface area contributed by atoms with Crippen LogP contribution in [0.1, 0.15) is 45.6 Å². The van der Waals surface area contributed by atoms with Gasteiger partial charge < -0.3 is 16.0 Å². The Labute approximate surface area is 226 Å². The van der Waals surface area contributed by atoms with Crippen LogP contribution in [0.25, 0.3) is 0 Å². The van der Waals surface area contributed by atoms with Crippen LogP contribution < -0.4 is 16.0 Å². The molecule has 1 aliphatic rings. The first-order valence-electron chi connectivity index (χ1n) is 12.3. The van der Waals surface area contributed by atoms with Crippen molar-refractivity contribution >= 4 is 40.6 Å². The molecular formula is C30H28ClN5O2. The first kappa shape index (κ1) is 25.3. The molecule has 0 saturated carbocycles. The standard InChI is InChI=1S/C30H28ClN5O2/c1-17-9-12-21(13-10-17)34-29(37)23-16-32-36-27(22-7-5-6-8-24(22)31)26(20(4)33-28(23)36)30(38)35-25-14-11-18(2)15-19(25)3/h5-16,27,33H,1-4H3,(H,34,37)(H,35,38). The Morgan fingerprint density at radius 3 is 2.32 bits per heavy atom. The lowest BCUT2D eigenvalue weighted by atomic mass is 9.94. The summed E-state index contributed by atoms with van der Waals surface area (Å²) in [7, 11) is 0. The summed E-state index contributed by atoms with van der Waals surface area (Å²) in [6.07, 6.45) is 1.51. The van der Waals surface area contributed by atoms with Crippen molar-refractivity contribution in [3.8, 4) is 0 Å². The molecule has 0 fully saturated rings. The molecular weight excluding hydrogens is 498 g/mol. The van der Waals surface area contributed by atoms with Crippen LogP contribution in [0.15, 0.2) is 84.2 Å². The Morgan fingerprint density at radius 2 is 1.61 bits per heavy atom. The molecule has 1 aliphatic heterocycles. The minimum atomic E-state index is -0.647. The Hall–Kier alpha value is -4.36. The highest BCUT2D eigenvalue weighted by Crippen LogP contribution is 2.40. The van der Waals surface area contributed by atoms with Crippen molar-refractivity contribution in [3.05, 3.63) is 117 Å². The number of carbonyl (C=O) groups is 2. The third-order valence-electron chi connectivity index (χ3n) is 6.65. The van der Waals surface area contributed by atoms with Crippen molar-refractivity contribution in [1.29, 1.82) is 0 Å². The zero-order valence-corrected chi connectivity index (χ0v) is 22.4. The number of aryl methyl sites for hydroxylation is 3. The summed E-state index contributed by atoms with van der Waals surface area (Å²) in [5.74, 6) is -0.102. The van der Waals surface area contributed by atoms with Crippen molar-refractivity contribution in [3.63, 3.8) is 0 Å². The van der Waals surface area contributed by atoms with Crippen LogP contribution in [0, 0.1) is 20.8 Å². The van der Waals surface area contributed by atoms with Gasteiger partial charge in [0, 0.05) is 27.7 Å². The van der Waals surface area contributed by atoms with E-state index in [9.17, 15) is 9.59 Å². The normalized spacial score (nSPS) is 14.5. The maximum atomic E-state index is 13.8. The molecule has 0 radical (unpaired) electrons. The fourth-order valence-electron chi connectivity index (χ4n) is 4.68. The number of allylic oxidation sites excluding steroid dienone is 1. The molecule has 0 saturated heterocycles. The van der Waals surface area contributed by atoms with Crippen LogP contribution in [0.2, 0.25) is 5.02 Å². The van der Waals surface area contributed by atoms with Crippen LogP contribution in [0.5, 0.6) is 0 Å². The second-order valence-electron chi connectivity index (χ2n) is 9.53. The number of anilines is 3. The molecule has 0 spiro atoms. The number of nitrogens with one attached hydrogen (secondary N) is 3. The number of fused-ring (bicyclic) bond motifs is 1. The molecule has 0 bridgehead atoms. The van der Waals surface area contributed by atoms with Gasteiger partial charge in [0.25, 0.3) is 11.8 Å². The highest BCUT2D eigenvalue weighted by molar-refractivity contribution is 6.31. The largest absolute Gasteiger partial charge is 0.343 e. The number of nitrogens with zero attached hydrogens (tertiary/aromatic N) is 2. The highest BCUT2D eigenvalue weighted by atomic mass is 35.5. The Balaban J connectivity index is 1.55. The van der Waals surface area contributed by atoms with Crippen molar-refractivity contribution in [2.75, 3.05) is 16.0 Å². The number of halogens is 1. The lowest BCUT2D eigenvalue weighted by Gasteiger charge is -2.30. The van der Waals surface area contributed by atoms with E-state index in [2.05, 4.69) is 21.0 Å². The van der Waals surface area contributed by atoms with E-state index in [4.69, 9.17) is 11.6 Å². The second kappa shape index (κ2) is 10.2. The fourth-order valence-corrected chi connectivity index (χ4v) is 4.92. The van der Waals surface area contributed by atoms with Crippen molar-refractivity contribution in [2.24, 2.45) is 0 Å². The van der Waals surface area contributed by atoms with Crippen molar-refractivity contribution < 1.29 is 9.59 Å². The monoisotopic (exact) mass is 525 g/mol. The molecule has 1 unspecified atom stereocenters. The third-order valence-corrected chi connectivity index (χ3v) is 7.00. The van der Waals surface area contributed by atoms with E-state index in [0.29, 0.717) is 38.9 Å². The molecule has 2 heterocycles. The third kappa shape index (κ3) is 4.80. The molecule has 4 aromatic rings. The topological polar surface area (TPSA) is 88.0 Å². The van der Waals surface area contributed by atoms with Gasteiger partial charge in [0.05, 0.1) is 11.8 Å². The molecule has 2 amide bonds. The van der Waals surface area contributed by atoms with Gasteiger partial charge in [-0.2, -0.15) is 5.10 Å². The molecule has 192 valence electrons. The van der Waals surface area contributed by atoms with E-state index >= 15 is 0 Å². The van der Waals surface area contributed by atoms with Gasteiger partial charge in [-0.3, -0.25) is 9.59 Å². The van der Waals surface area contributed by atoms with Crippen LogP contribution in [0.3, 0.4) is 0 Å². The summed E-state index contributed by atoms with van der Waals surface area (Å²) in [4.78, 5) is 27.0. The molecule has 1 atom stereocenters. The van der Waals surface area contributed by atoms with Gasteiger partial charge in [-0.05, 0) is 57.5 Å². The van der Waals surface area contributed by atoms with Crippen molar-refractivity contribution in [1.82, 2.24) is 9.78 Å². The second-order valence-corrected chi connectivity index (χ2v) is 9.94. The first-order chi connectivity index (χ1) is 18.2. The molecule has 3 aromatic carbocycles. The lowest BCUT2D eigenvalue weighted by Crippen LogP contribution is -2.32. The number of aromatic nitrogens is 2. The van der Waals surface area contributed by atoms with Gasteiger partial charge in [-0.1, -0.05) is 65.2 Å². The van der Waals surface area contributed by atoms with Crippen molar-refractivity contribution in [2.45, 2.75) is 33.7 Å². The Bertz CT molecular complexity index is 1590. The zero-order valence-electron chi connectivity index (χ0n) is 21.6. The summed E-state index contributed by atoms with van der Waals surface area (Å²) in [6.45, 7) is 7.77. The summed E-state index contributed by atoms with van der Waals surface area (Å²) >= 11 is 6.64. The summed E-state index contributed by atoms with van der Waals surface area (Å²) in [6, 6.07) is 20.1. The van der Waals surface area contributed by atoms with E-state index in [1.165, 1.54) is 6.20 Å².